The zero-order valence-electron chi connectivity index (χ0n) is 18.9. The largest absolute Gasteiger partial charge is 0.490 e. The molecule has 0 saturated heterocycles. The van der Waals surface area contributed by atoms with Crippen LogP contribution in [0.1, 0.15) is 43.4 Å². The highest BCUT2D eigenvalue weighted by Gasteiger charge is 2.13. The van der Waals surface area contributed by atoms with Gasteiger partial charge in [0.15, 0.2) is 11.5 Å². The Labute approximate surface area is 208 Å². The van der Waals surface area contributed by atoms with Crippen molar-refractivity contribution in [2.45, 2.75) is 33.3 Å². The molecule has 0 atom stereocenters. The molecule has 0 fully saturated rings. The molecule has 4 nitrogen and oxygen atoms in total. The second kappa shape index (κ2) is 11.9. The van der Waals surface area contributed by atoms with Crippen molar-refractivity contribution >= 4 is 45.2 Å². The molecular formula is C27H27BrClNO3. The van der Waals surface area contributed by atoms with Crippen molar-refractivity contribution in [2.75, 3.05) is 11.9 Å². The Morgan fingerprint density at radius 3 is 2.55 bits per heavy atom. The van der Waals surface area contributed by atoms with Crippen LogP contribution >= 0.6 is 27.5 Å². The Balaban J connectivity index is 1.76. The molecule has 0 saturated carbocycles. The summed E-state index contributed by atoms with van der Waals surface area (Å²) in [4.78, 5) is 12.5. The van der Waals surface area contributed by atoms with E-state index >= 15 is 0 Å². The average Bonchev–Trinajstić information content (AvgIpc) is 2.78. The molecule has 0 unspecified atom stereocenters. The van der Waals surface area contributed by atoms with E-state index in [-0.39, 0.29) is 5.91 Å². The van der Waals surface area contributed by atoms with Crippen LogP contribution in [0.5, 0.6) is 11.5 Å². The van der Waals surface area contributed by atoms with Crippen molar-refractivity contribution < 1.29 is 14.3 Å². The van der Waals surface area contributed by atoms with Crippen LogP contribution in [-0.2, 0) is 11.4 Å². The van der Waals surface area contributed by atoms with Crippen molar-refractivity contribution in [2.24, 2.45) is 0 Å². The van der Waals surface area contributed by atoms with Gasteiger partial charge in [0, 0.05) is 22.3 Å². The van der Waals surface area contributed by atoms with Crippen LogP contribution in [0.4, 0.5) is 5.69 Å². The summed E-state index contributed by atoms with van der Waals surface area (Å²) in [7, 11) is 0. The Morgan fingerprint density at radius 1 is 1.09 bits per heavy atom. The van der Waals surface area contributed by atoms with E-state index in [1.165, 1.54) is 6.08 Å². The van der Waals surface area contributed by atoms with E-state index in [2.05, 4.69) is 35.1 Å². The van der Waals surface area contributed by atoms with Crippen molar-refractivity contribution in [1.82, 2.24) is 0 Å². The number of carbonyl (C=O) groups is 1. The predicted molar refractivity (Wildman–Crippen MR) is 139 cm³/mol. The van der Waals surface area contributed by atoms with E-state index in [0.29, 0.717) is 35.7 Å². The van der Waals surface area contributed by atoms with Gasteiger partial charge < -0.3 is 14.8 Å². The lowest BCUT2D eigenvalue weighted by Crippen LogP contribution is -2.10. The summed E-state index contributed by atoms with van der Waals surface area (Å²) in [5.41, 5.74) is 3.61. The van der Waals surface area contributed by atoms with E-state index in [9.17, 15) is 4.79 Å². The van der Waals surface area contributed by atoms with E-state index < -0.39 is 0 Å². The maximum atomic E-state index is 12.5. The number of anilines is 1. The summed E-state index contributed by atoms with van der Waals surface area (Å²) in [6.45, 7) is 6.90. The molecule has 0 spiro atoms. The monoisotopic (exact) mass is 527 g/mol. The zero-order valence-corrected chi connectivity index (χ0v) is 21.2. The minimum absolute atomic E-state index is 0.198. The predicted octanol–water partition coefficient (Wildman–Crippen LogP) is 7.86. The normalized spacial score (nSPS) is 11.1. The van der Waals surface area contributed by atoms with Crippen LogP contribution in [0, 0.1) is 0 Å². The van der Waals surface area contributed by atoms with Gasteiger partial charge in [-0.25, -0.2) is 0 Å². The van der Waals surface area contributed by atoms with Gasteiger partial charge in [0.25, 0.3) is 0 Å². The lowest BCUT2D eigenvalue weighted by atomic mass is 10.0. The van der Waals surface area contributed by atoms with Gasteiger partial charge in [-0.2, -0.15) is 0 Å². The first-order valence-corrected chi connectivity index (χ1v) is 12.0. The number of ether oxygens (including phenoxy) is 2. The first-order chi connectivity index (χ1) is 15.9. The highest BCUT2D eigenvalue weighted by molar-refractivity contribution is 9.10. The van der Waals surface area contributed by atoms with Crippen molar-refractivity contribution in [1.29, 1.82) is 0 Å². The van der Waals surface area contributed by atoms with E-state index in [4.69, 9.17) is 21.1 Å². The summed E-state index contributed by atoms with van der Waals surface area (Å²) in [5, 5.41) is 3.61. The Hall–Kier alpha value is -2.76. The number of hydrogen-bond donors (Lipinski definition) is 1. The molecule has 6 heteroatoms. The van der Waals surface area contributed by atoms with Crippen molar-refractivity contribution in [3.05, 3.63) is 92.9 Å². The van der Waals surface area contributed by atoms with E-state index in [1.807, 2.05) is 67.6 Å². The Morgan fingerprint density at radius 2 is 1.82 bits per heavy atom. The molecule has 3 rings (SSSR count). The third-order valence-corrected chi connectivity index (χ3v) is 5.89. The molecule has 3 aromatic carbocycles. The molecular weight excluding hydrogens is 502 g/mol. The van der Waals surface area contributed by atoms with Gasteiger partial charge in [0.05, 0.1) is 11.1 Å². The van der Waals surface area contributed by atoms with Crippen molar-refractivity contribution in [3.63, 3.8) is 0 Å². The van der Waals surface area contributed by atoms with E-state index in [1.54, 1.807) is 6.08 Å². The smallest absolute Gasteiger partial charge is 0.248 e. The lowest BCUT2D eigenvalue weighted by molar-refractivity contribution is -0.111. The fraction of sp³-hybridized carbons (Fsp3) is 0.222. The highest BCUT2D eigenvalue weighted by Crippen LogP contribution is 2.38. The molecule has 0 aromatic heterocycles. The minimum atomic E-state index is -0.198. The molecule has 0 aliphatic heterocycles. The third-order valence-electron chi connectivity index (χ3n) is 4.93. The maximum absolute atomic E-state index is 12.5. The summed E-state index contributed by atoms with van der Waals surface area (Å²) in [6.07, 6.45) is 3.26. The molecule has 0 aliphatic rings. The fourth-order valence-electron chi connectivity index (χ4n) is 3.31. The van der Waals surface area contributed by atoms with Gasteiger partial charge in [-0.15, -0.1) is 0 Å². The molecule has 0 radical (unpaired) electrons. The van der Waals surface area contributed by atoms with Gasteiger partial charge in [0.2, 0.25) is 5.91 Å². The molecule has 1 amide bonds. The van der Waals surface area contributed by atoms with Crippen LogP contribution in [-0.4, -0.2) is 12.5 Å². The fourth-order valence-corrected chi connectivity index (χ4v) is 4.08. The van der Waals surface area contributed by atoms with Crippen LogP contribution < -0.4 is 14.8 Å². The first-order valence-electron chi connectivity index (χ1n) is 10.8. The van der Waals surface area contributed by atoms with Crippen molar-refractivity contribution in [3.8, 4) is 11.5 Å². The van der Waals surface area contributed by atoms with Gasteiger partial charge >= 0.3 is 0 Å². The topological polar surface area (TPSA) is 47.6 Å². The summed E-state index contributed by atoms with van der Waals surface area (Å²) >= 11 is 9.82. The molecule has 33 heavy (non-hydrogen) atoms. The van der Waals surface area contributed by atoms with Crippen LogP contribution in [0.15, 0.2) is 71.2 Å². The molecule has 3 aromatic rings. The first kappa shape index (κ1) is 24.9. The number of carbonyl (C=O) groups excluding carboxylic acids is 1. The van der Waals surface area contributed by atoms with Gasteiger partial charge in [-0.05, 0) is 70.2 Å². The van der Waals surface area contributed by atoms with Crippen LogP contribution in [0.2, 0.25) is 5.02 Å². The highest BCUT2D eigenvalue weighted by atomic mass is 79.9. The molecule has 1 N–H and O–H groups in total. The number of benzene rings is 3. The number of hydrogen-bond acceptors (Lipinski definition) is 3. The summed E-state index contributed by atoms with van der Waals surface area (Å²) < 4.78 is 12.5. The van der Waals surface area contributed by atoms with Gasteiger partial charge in [-0.1, -0.05) is 61.8 Å². The lowest BCUT2D eigenvalue weighted by Gasteiger charge is -2.15. The number of rotatable bonds is 9. The molecule has 0 heterocycles. The minimum Gasteiger partial charge on any atom is -0.490 e. The number of nitrogens with one attached hydrogen (secondary N) is 1. The third kappa shape index (κ3) is 6.86. The number of amides is 1. The average molecular weight is 529 g/mol. The summed E-state index contributed by atoms with van der Waals surface area (Å²) in [6, 6.07) is 19.1. The van der Waals surface area contributed by atoms with Gasteiger partial charge in [-0.3, -0.25) is 4.79 Å². The van der Waals surface area contributed by atoms with Crippen LogP contribution in [0.3, 0.4) is 0 Å². The number of halogens is 2. The maximum Gasteiger partial charge on any atom is 0.248 e. The SMILES string of the molecule is CCOc1cc(/C=C/C(=O)Nc2ccccc2C(C)C)cc(Br)c1OCc1ccccc1Cl. The molecule has 0 aliphatic carbocycles. The molecule has 0 bridgehead atoms. The van der Waals surface area contributed by atoms with Gasteiger partial charge in [0.1, 0.15) is 6.61 Å². The second-order valence-electron chi connectivity index (χ2n) is 7.71. The second-order valence-corrected chi connectivity index (χ2v) is 8.97. The Bertz CT molecular complexity index is 1140. The van der Waals surface area contributed by atoms with Crippen LogP contribution in [0.25, 0.3) is 6.08 Å². The molecule has 172 valence electrons. The summed E-state index contributed by atoms with van der Waals surface area (Å²) in [5.74, 6) is 1.29. The zero-order chi connectivity index (χ0) is 23.8. The van der Waals surface area contributed by atoms with E-state index in [0.717, 1.165) is 26.9 Å². The quantitative estimate of drug-likeness (QED) is 0.288. The standard InChI is InChI=1S/C27H27BrClNO3/c1-4-32-25-16-19(13-14-26(31)30-24-12-8-6-10-21(24)18(2)3)15-22(28)27(25)33-17-20-9-5-7-11-23(20)29/h5-16,18H,4,17H2,1-3H3,(H,30,31)/b14-13+. The number of para-hydroxylation sites is 1. The Kier molecular flexibility index (Phi) is 8.98.